The van der Waals surface area contributed by atoms with Gasteiger partial charge in [0.05, 0.1) is 18.4 Å². The molecule has 0 aliphatic carbocycles. The van der Waals surface area contributed by atoms with Crippen LogP contribution in [0.15, 0.2) is 72.8 Å². The average molecular weight is 405 g/mol. The highest BCUT2D eigenvalue weighted by atomic mass is 16.5. The summed E-state index contributed by atoms with van der Waals surface area (Å²) in [6.07, 6.45) is 2.23. The number of carbonyl (C=O) groups excluding carboxylic acids is 1. The zero-order chi connectivity index (χ0) is 21.2. The third-order valence-corrected chi connectivity index (χ3v) is 4.58. The molecule has 0 atom stereocenters. The molecule has 0 aromatic heterocycles. The molecule has 0 amide bonds. The molecule has 0 spiro atoms. The number of carbonyl (C=O) groups is 1. The first kappa shape index (κ1) is 21.2. The molecule has 0 aliphatic heterocycles. The zero-order valence-electron chi connectivity index (χ0n) is 17.4. The van der Waals surface area contributed by atoms with E-state index < -0.39 is 0 Å². The van der Waals surface area contributed by atoms with Crippen LogP contribution in [0.25, 0.3) is 0 Å². The Balaban J connectivity index is 1.57. The van der Waals surface area contributed by atoms with Gasteiger partial charge in [0.15, 0.2) is 5.75 Å². The normalized spacial score (nSPS) is 10.3. The van der Waals surface area contributed by atoms with Crippen molar-refractivity contribution in [3.63, 3.8) is 0 Å². The monoisotopic (exact) mass is 405 g/mol. The number of esters is 1. The summed E-state index contributed by atoms with van der Waals surface area (Å²) in [4.78, 5) is 12.3. The number of rotatable bonds is 10. The first-order chi connectivity index (χ1) is 14.7. The van der Waals surface area contributed by atoms with Crippen LogP contribution in [0.2, 0.25) is 0 Å². The highest BCUT2D eigenvalue weighted by Crippen LogP contribution is 2.29. The topological polar surface area (TPSA) is 56.8 Å². The quantitative estimate of drug-likeness (QED) is 0.328. The van der Waals surface area contributed by atoms with Crippen LogP contribution in [0, 0.1) is 0 Å². The minimum absolute atomic E-state index is 0.206. The number of ether oxygens (including phenoxy) is 3. The molecule has 3 aromatic carbocycles. The molecule has 5 nitrogen and oxygen atoms in total. The van der Waals surface area contributed by atoms with Crippen molar-refractivity contribution in [3.8, 4) is 17.2 Å². The summed E-state index contributed by atoms with van der Waals surface area (Å²) < 4.78 is 16.5. The van der Waals surface area contributed by atoms with Gasteiger partial charge in [-0.25, -0.2) is 4.79 Å². The number of methoxy groups -OCH3 is 1. The van der Waals surface area contributed by atoms with E-state index in [0.717, 1.165) is 42.1 Å². The Kier molecular flexibility index (Phi) is 7.72. The molecular formula is C25H27NO4. The Hall–Kier alpha value is -3.47. The highest BCUT2D eigenvalue weighted by molar-refractivity contribution is 5.89. The second-order valence-corrected chi connectivity index (χ2v) is 6.83. The predicted molar refractivity (Wildman–Crippen MR) is 118 cm³/mol. The molecule has 3 rings (SSSR count). The summed E-state index contributed by atoms with van der Waals surface area (Å²) in [5.74, 6) is 1.80. The summed E-state index contributed by atoms with van der Waals surface area (Å²) in [5, 5.41) is 3.40. The molecule has 3 aromatic rings. The third kappa shape index (κ3) is 6.01. The van der Waals surface area contributed by atoms with Crippen LogP contribution in [0.1, 0.15) is 35.7 Å². The Morgan fingerprint density at radius 2 is 1.60 bits per heavy atom. The van der Waals surface area contributed by atoms with Gasteiger partial charge in [-0.1, -0.05) is 37.6 Å². The Bertz CT molecular complexity index is 936. The number of para-hydroxylation sites is 2. The molecule has 0 saturated heterocycles. The van der Waals surface area contributed by atoms with E-state index in [1.54, 1.807) is 31.4 Å². The van der Waals surface area contributed by atoms with Crippen LogP contribution >= 0.6 is 0 Å². The van der Waals surface area contributed by atoms with Gasteiger partial charge >= 0.3 is 5.97 Å². The minimum Gasteiger partial charge on any atom is -0.497 e. The van der Waals surface area contributed by atoms with Crippen molar-refractivity contribution in [3.05, 3.63) is 83.9 Å². The molecule has 0 unspecified atom stereocenters. The van der Waals surface area contributed by atoms with E-state index in [-0.39, 0.29) is 12.6 Å². The second kappa shape index (κ2) is 10.9. The number of hydrogen-bond donors (Lipinski definition) is 1. The molecule has 0 saturated carbocycles. The van der Waals surface area contributed by atoms with Gasteiger partial charge in [-0.05, 0) is 60.5 Å². The first-order valence-corrected chi connectivity index (χ1v) is 10.1. The largest absolute Gasteiger partial charge is 0.497 e. The Labute approximate surface area is 177 Å². The number of benzene rings is 3. The summed E-state index contributed by atoms with van der Waals surface area (Å²) in [6, 6.07) is 22.2. The van der Waals surface area contributed by atoms with Gasteiger partial charge in [-0.2, -0.15) is 0 Å². The van der Waals surface area contributed by atoms with Crippen molar-refractivity contribution in [1.82, 2.24) is 0 Å². The fourth-order valence-electron chi connectivity index (χ4n) is 2.84. The van der Waals surface area contributed by atoms with Crippen molar-refractivity contribution in [2.24, 2.45) is 0 Å². The maximum absolute atomic E-state index is 12.3. The van der Waals surface area contributed by atoms with Crippen LogP contribution in [0.3, 0.4) is 0 Å². The SMILES string of the molecule is CCCCNc1ccccc1Oc1ccc(C(=O)OCc2ccc(OC)cc2)cc1. The average Bonchev–Trinajstić information content (AvgIpc) is 2.79. The Morgan fingerprint density at radius 1 is 0.900 bits per heavy atom. The molecule has 0 radical (unpaired) electrons. The van der Waals surface area contributed by atoms with Crippen molar-refractivity contribution in [2.75, 3.05) is 19.0 Å². The first-order valence-electron chi connectivity index (χ1n) is 10.1. The van der Waals surface area contributed by atoms with Crippen molar-refractivity contribution in [1.29, 1.82) is 0 Å². The molecule has 0 fully saturated rings. The molecule has 0 bridgehead atoms. The lowest BCUT2D eigenvalue weighted by atomic mass is 10.2. The van der Waals surface area contributed by atoms with Gasteiger partial charge in [0, 0.05) is 6.54 Å². The standard InChI is InChI=1S/C25H27NO4/c1-3-4-17-26-23-7-5-6-8-24(23)30-22-15-11-20(12-16-22)25(27)29-18-19-9-13-21(28-2)14-10-19/h5-16,26H,3-4,17-18H2,1-2H3. The Morgan fingerprint density at radius 3 is 2.30 bits per heavy atom. The lowest BCUT2D eigenvalue weighted by Crippen LogP contribution is -2.05. The second-order valence-electron chi connectivity index (χ2n) is 6.83. The van der Waals surface area contributed by atoms with Gasteiger partial charge in [0.2, 0.25) is 0 Å². The van der Waals surface area contributed by atoms with Crippen molar-refractivity contribution in [2.45, 2.75) is 26.4 Å². The molecule has 5 heteroatoms. The van der Waals surface area contributed by atoms with E-state index in [2.05, 4.69) is 12.2 Å². The number of nitrogens with one attached hydrogen (secondary N) is 1. The van der Waals surface area contributed by atoms with E-state index in [1.165, 1.54) is 0 Å². The van der Waals surface area contributed by atoms with Gasteiger partial charge in [-0.3, -0.25) is 0 Å². The van der Waals surface area contributed by atoms with E-state index in [4.69, 9.17) is 14.2 Å². The van der Waals surface area contributed by atoms with Crippen LogP contribution in [-0.4, -0.2) is 19.6 Å². The van der Waals surface area contributed by atoms with Crippen molar-refractivity contribution < 1.29 is 19.0 Å². The lowest BCUT2D eigenvalue weighted by molar-refractivity contribution is 0.0472. The van der Waals surface area contributed by atoms with Gasteiger partial charge in [0.25, 0.3) is 0 Å². The lowest BCUT2D eigenvalue weighted by Gasteiger charge is -2.13. The van der Waals surface area contributed by atoms with E-state index >= 15 is 0 Å². The van der Waals surface area contributed by atoms with Crippen LogP contribution in [0.4, 0.5) is 5.69 Å². The van der Waals surface area contributed by atoms with E-state index in [0.29, 0.717) is 11.3 Å². The van der Waals surface area contributed by atoms with Crippen LogP contribution in [-0.2, 0) is 11.3 Å². The maximum Gasteiger partial charge on any atom is 0.338 e. The van der Waals surface area contributed by atoms with Crippen LogP contribution < -0.4 is 14.8 Å². The third-order valence-electron chi connectivity index (χ3n) is 4.58. The number of hydrogen-bond acceptors (Lipinski definition) is 5. The fraction of sp³-hybridized carbons (Fsp3) is 0.240. The van der Waals surface area contributed by atoms with Gasteiger partial charge < -0.3 is 19.5 Å². The summed E-state index contributed by atoms with van der Waals surface area (Å²) in [6.45, 7) is 3.27. The molecular weight excluding hydrogens is 378 g/mol. The highest BCUT2D eigenvalue weighted by Gasteiger charge is 2.09. The summed E-state index contributed by atoms with van der Waals surface area (Å²) in [5.41, 5.74) is 2.33. The summed E-state index contributed by atoms with van der Waals surface area (Å²) >= 11 is 0. The fourth-order valence-corrected chi connectivity index (χ4v) is 2.84. The van der Waals surface area contributed by atoms with E-state index in [9.17, 15) is 4.79 Å². The zero-order valence-corrected chi connectivity index (χ0v) is 17.4. The summed E-state index contributed by atoms with van der Waals surface area (Å²) in [7, 11) is 1.62. The number of unbranched alkanes of at least 4 members (excludes halogenated alkanes) is 1. The minimum atomic E-state index is -0.376. The van der Waals surface area contributed by atoms with Crippen LogP contribution in [0.5, 0.6) is 17.2 Å². The van der Waals surface area contributed by atoms with Crippen molar-refractivity contribution >= 4 is 11.7 Å². The molecule has 1 N–H and O–H groups in total. The smallest absolute Gasteiger partial charge is 0.338 e. The maximum atomic E-state index is 12.3. The van der Waals surface area contributed by atoms with E-state index in [1.807, 2.05) is 48.5 Å². The van der Waals surface area contributed by atoms with Gasteiger partial charge in [0.1, 0.15) is 18.1 Å². The molecule has 0 aliphatic rings. The molecule has 30 heavy (non-hydrogen) atoms. The van der Waals surface area contributed by atoms with Gasteiger partial charge in [-0.15, -0.1) is 0 Å². The predicted octanol–water partition coefficient (Wildman–Crippen LogP) is 6.06. The number of anilines is 1. The molecule has 156 valence electrons. The molecule has 0 heterocycles.